The van der Waals surface area contributed by atoms with Crippen LogP contribution in [0.2, 0.25) is 0 Å². The molecule has 4 rings (SSSR count). The molecule has 0 spiro atoms. The Balaban J connectivity index is 1.43. The average Bonchev–Trinajstić information content (AvgIpc) is 3.39. The van der Waals surface area contributed by atoms with Gasteiger partial charge in [0, 0.05) is 37.0 Å². The van der Waals surface area contributed by atoms with Crippen LogP contribution >= 0.6 is 0 Å². The highest BCUT2D eigenvalue weighted by molar-refractivity contribution is 5.95. The van der Waals surface area contributed by atoms with E-state index in [0.717, 1.165) is 37.9 Å². The third-order valence-electron chi connectivity index (χ3n) is 5.25. The number of hydrogen-bond acceptors (Lipinski definition) is 3. The molecule has 1 atom stereocenters. The number of urea groups is 1. The number of rotatable bonds is 7. The van der Waals surface area contributed by atoms with Gasteiger partial charge in [-0.05, 0) is 55.5 Å². The molecule has 1 aliphatic carbocycles. The Labute approximate surface area is 171 Å². The number of ether oxygens (including phenoxy) is 1. The van der Waals surface area contributed by atoms with Crippen molar-refractivity contribution in [1.82, 2.24) is 10.2 Å². The van der Waals surface area contributed by atoms with Crippen LogP contribution in [0.5, 0.6) is 0 Å². The summed E-state index contributed by atoms with van der Waals surface area (Å²) in [6.07, 6.45) is 4.21. The SMILES string of the molecule is O=C(Nc1ccc(C(=O)N(Cc2ccccc2)CC2CCCO2)cc1)NC1CC1. The molecule has 152 valence electrons. The Bertz CT molecular complexity index is 828. The molecule has 0 bridgehead atoms. The molecule has 0 aromatic heterocycles. The molecule has 6 nitrogen and oxygen atoms in total. The van der Waals surface area contributed by atoms with E-state index in [4.69, 9.17) is 4.74 Å². The number of hydrogen-bond donors (Lipinski definition) is 2. The van der Waals surface area contributed by atoms with Crippen molar-refractivity contribution in [1.29, 1.82) is 0 Å². The summed E-state index contributed by atoms with van der Waals surface area (Å²) in [6, 6.07) is 17.2. The summed E-state index contributed by atoms with van der Waals surface area (Å²) in [7, 11) is 0. The van der Waals surface area contributed by atoms with Crippen LogP contribution in [0.15, 0.2) is 54.6 Å². The van der Waals surface area contributed by atoms with Crippen molar-refractivity contribution in [2.75, 3.05) is 18.5 Å². The molecule has 29 heavy (non-hydrogen) atoms. The zero-order valence-electron chi connectivity index (χ0n) is 16.5. The Morgan fingerprint density at radius 3 is 2.41 bits per heavy atom. The molecule has 2 aliphatic rings. The Morgan fingerprint density at radius 2 is 1.76 bits per heavy atom. The van der Waals surface area contributed by atoms with E-state index in [9.17, 15) is 9.59 Å². The molecule has 0 radical (unpaired) electrons. The highest BCUT2D eigenvalue weighted by atomic mass is 16.5. The van der Waals surface area contributed by atoms with Crippen molar-refractivity contribution in [3.8, 4) is 0 Å². The van der Waals surface area contributed by atoms with Crippen LogP contribution < -0.4 is 10.6 Å². The van der Waals surface area contributed by atoms with E-state index in [1.54, 1.807) is 24.3 Å². The molecular formula is C23H27N3O3. The highest BCUT2D eigenvalue weighted by Gasteiger charge is 2.24. The lowest BCUT2D eigenvalue weighted by atomic mass is 10.1. The van der Waals surface area contributed by atoms with E-state index in [-0.39, 0.29) is 18.0 Å². The highest BCUT2D eigenvalue weighted by Crippen LogP contribution is 2.20. The maximum Gasteiger partial charge on any atom is 0.319 e. The third kappa shape index (κ3) is 5.57. The largest absolute Gasteiger partial charge is 0.376 e. The van der Waals surface area contributed by atoms with E-state index in [1.165, 1.54) is 0 Å². The van der Waals surface area contributed by atoms with Crippen LogP contribution in [0, 0.1) is 0 Å². The quantitative estimate of drug-likeness (QED) is 0.752. The number of nitrogens with zero attached hydrogens (tertiary/aromatic N) is 1. The number of amides is 3. The first-order valence-electron chi connectivity index (χ1n) is 10.3. The normalized spacial score (nSPS) is 18.3. The smallest absolute Gasteiger partial charge is 0.319 e. The molecular weight excluding hydrogens is 366 g/mol. The molecule has 3 amide bonds. The van der Waals surface area contributed by atoms with Gasteiger partial charge in [-0.1, -0.05) is 30.3 Å². The van der Waals surface area contributed by atoms with Crippen LogP contribution in [0.25, 0.3) is 0 Å². The minimum absolute atomic E-state index is 0.0293. The van der Waals surface area contributed by atoms with Gasteiger partial charge in [-0.25, -0.2) is 4.79 Å². The standard InChI is InChI=1S/C23H27N3O3/c27-22(18-8-10-19(11-9-18)24-23(28)25-20-12-13-20)26(16-21-7-4-14-29-21)15-17-5-2-1-3-6-17/h1-3,5-6,8-11,20-21H,4,7,12-16H2,(H2,24,25,28). The maximum absolute atomic E-state index is 13.2. The monoisotopic (exact) mass is 393 g/mol. The van der Waals surface area contributed by atoms with Crippen molar-refractivity contribution in [2.45, 2.75) is 44.4 Å². The van der Waals surface area contributed by atoms with Gasteiger partial charge in [0.1, 0.15) is 0 Å². The Morgan fingerprint density at radius 1 is 1.00 bits per heavy atom. The zero-order valence-corrected chi connectivity index (χ0v) is 16.5. The van der Waals surface area contributed by atoms with Gasteiger partial charge in [-0.2, -0.15) is 0 Å². The van der Waals surface area contributed by atoms with Gasteiger partial charge in [-0.3, -0.25) is 4.79 Å². The first-order chi connectivity index (χ1) is 14.2. The van der Waals surface area contributed by atoms with E-state index in [1.807, 2.05) is 35.2 Å². The second-order valence-electron chi connectivity index (χ2n) is 7.76. The predicted molar refractivity (Wildman–Crippen MR) is 112 cm³/mol. The summed E-state index contributed by atoms with van der Waals surface area (Å²) in [5.74, 6) is -0.0293. The number of carbonyl (C=O) groups excluding carboxylic acids is 2. The fourth-order valence-electron chi connectivity index (χ4n) is 3.52. The van der Waals surface area contributed by atoms with Gasteiger partial charge in [0.05, 0.1) is 6.10 Å². The summed E-state index contributed by atoms with van der Waals surface area (Å²) in [4.78, 5) is 26.9. The second-order valence-corrected chi connectivity index (χ2v) is 7.76. The van der Waals surface area contributed by atoms with E-state index in [0.29, 0.717) is 30.4 Å². The van der Waals surface area contributed by atoms with E-state index >= 15 is 0 Å². The molecule has 1 saturated heterocycles. The summed E-state index contributed by atoms with van der Waals surface area (Å²) in [5.41, 5.74) is 2.37. The van der Waals surface area contributed by atoms with Gasteiger partial charge < -0.3 is 20.3 Å². The first-order valence-corrected chi connectivity index (χ1v) is 10.3. The van der Waals surface area contributed by atoms with E-state index in [2.05, 4.69) is 10.6 Å². The molecule has 2 fully saturated rings. The summed E-state index contributed by atoms with van der Waals surface area (Å²) < 4.78 is 5.76. The van der Waals surface area contributed by atoms with Crippen molar-refractivity contribution in [3.63, 3.8) is 0 Å². The summed E-state index contributed by atoms with van der Waals surface area (Å²) in [5, 5.41) is 5.70. The van der Waals surface area contributed by atoms with Gasteiger partial charge in [-0.15, -0.1) is 0 Å². The topological polar surface area (TPSA) is 70.7 Å². The fraction of sp³-hybridized carbons (Fsp3) is 0.391. The van der Waals surface area contributed by atoms with Crippen molar-refractivity contribution in [2.24, 2.45) is 0 Å². The fourth-order valence-corrected chi connectivity index (χ4v) is 3.52. The zero-order chi connectivity index (χ0) is 20.1. The first kappa shape index (κ1) is 19.5. The van der Waals surface area contributed by atoms with Crippen LogP contribution in [-0.2, 0) is 11.3 Å². The minimum atomic E-state index is -0.198. The molecule has 1 aliphatic heterocycles. The van der Waals surface area contributed by atoms with Gasteiger partial charge in [0.25, 0.3) is 5.91 Å². The Hall–Kier alpha value is -2.86. The molecule has 2 aromatic rings. The van der Waals surface area contributed by atoms with Crippen molar-refractivity contribution >= 4 is 17.6 Å². The average molecular weight is 393 g/mol. The van der Waals surface area contributed by atoms with Gasteiger partial charge in [0.15, 0.2) is 0 Å². The number of nitrogens with one attached hydrogen (secondary N) is 2. The van der Waals surface area contributed by atoms with Crippen LogP contribution in [0.3, 0.4) is 0 Å². The van der Waals surface area contributed by atoms with Gasteiger partial charge >= 0.3 is 6.03 Å². The van der Waals surface area contributed by atoms with Crippen molar-refractivity contribution in [3.05, 3.63) is 65.7 Å². The molecule has 1 heterocycles. The molecule has 6 heteroatoms. The van der Waals surface area contributed by atoms with Crippen LogP contribution in [0.1, 0.15) is 41.6 Å². The number of benzene rings is 2. The lowest BCUT2D eigenvalue weighted by molar-refractivity contribution is 0.0507. The molecule has 1 saturated carbocycles. The second kappa shape index (κ2) is 9.09. The number of anilines is 1. The Kier molecular flexibility index (Phi) is 6.10. The van der Waals surface area contributed by atoms with Crippen LogP contribution in [-0.4, -0.2) is 42.1 Å². The minimum Gasteiger partial charge on any atom is -0.376 e. The lowest BCUT2D eigenvalue weighted by Gasteiger charge is -2.26. The summed E-state index contributed by atoms with van der Waals surface area (Å²) >= 11 is 0. The van der Waals surface area contributed by atoms with Crippen LogP contribution in [0.4, 0.5) is 10.5 Å². The predicted octanol–water partition coefficient (Wildman–Crippen LogP) is 3.79. The molecule has 1 unspecified atom stereocenters. The van der Waals surface area contributed by atoms with Gasteiger partial charge in [0.2, 0.25) is 0 Å². The summed E-state index contributed by atoms with van der Waals surface area (Å²) in [6.45, 7) is 1.89. The van der Waals surface area contributed by atoms with E-state index < -0.39 is 0 Å². The maximum atomic E-state index is 13.2. The molecule has 2 aromatic carbocycles. The lowest BCUT2D eigenvalue weighted by Crippen LogP contribution is -2.37. The third-order valence-corrected chi connectivity index (χ3v) is 5.25. The molecule has 2 N–H and O–H groups in total. The number of carbonyl (C=O) groups is 2. The van der Waals surface area contributed by atoms with Crippen molar-refractivity contribution < 1.29 is 14.3 Å².